The number of benzene rings is 2. The number of nitrogens with one attached hydrogen (secondary N) is 1. The Morgan fingerprint density at radius 2 is 1.96 bits per heavy atom. The van der Waals surface area contributed by atoms with Gasteiger partial charge in [0, 0.05) is 23.5 Å². The topological polar surface area (TPSA) is 64.1 Å². The summed E-state index contributed by atoms with van der Waals surface area (Å²) in [7, 11) is 0. The Labute approximate surface area is 167 Å². The number of amides is 1. The molecular weight excluding hydrogens is 370 g/mol. The van der Waals surface area contributed by atoms with Gasteiger partial charge < -0.3 is 4.74 Å². The number of fused-ring (bicyclic) bond motifs is 1. The standard InChI is InChI=1S/C22H19N3O2S/c1-2-15-5-10-19-20(12-15)28-22(24-19)25-21(26)17-6-8-18(9-7-17)27-14-16-4-3-11-23-13-16/h3-13H,2,14H2,1H3,(H,24,25,26). The molecule has 0 aliphatic rings. The lowest BCUT2D eigenvalue weighted by Gasteiger charge is -2.07. The second-order valence-electron chi connectivity index (χ2n) is 6.30. The fourth-order valence-corrected chi connectivity index (χ4v) is 3.69. The van der Waals surface area contributed by atoms with E-state index in [0.717, 1.165) is 22.2 Å². The van der Waals surface area contributed by atoms with Crippen molar-refractivity contribution in [1.82, 2.24) is 9.97 Å². The van der Waals surface area contributed by atoms with Crippen LogP contribution < -0.4 is 10.1 Å². The van der Waals surface area contributed by atoms with E-state index in [-0.39, 0.29) is 5.91 Å². The van der Waals surface area contributed by atoms with Gasteiger partial charge in [0.05, 0.1) is 10.2 Å². The van der Waals surface area contributed by atoms with Gasteiger partial charge >= 0.3 is 0 Å². The van der Waals surface area contributed by atoms with Crippen molar-refractivity contribution in [3.63, 3.8) is 0 Å². The minimum atomic E-state index is -0.186. The van der Waals surface area contributed by atoms with E-state index in [9.17, 15) is 4.79 Å². The minimum absolute atomic E-state index is 0.186. The van der Waals surface area contributed by atoms with Gasteiger partial charge in [0.2, 0.25) is 0 Å². The average Bonchev–Trinajstić information content (AvgIpc) is 3.14. The Hall–Kier alpha value is -3.25. The molecule has 1 N–H and O–H groups in total. The highest BCUT2D eigenvalue weighted by molar-refractivity contribution is 7.22. The second kappa shape index (κ2) is 8.19. The predicted octanol–water partition coefficient (Wildman–Crippen LogP) is 5.09. The SMILES string of the molecule is CCc1ccc2nc(NC(=O)c3ccc(OCc4cccnc4)cc3)sc2c1. The quantitative estimate of drug-likeness (QED) is 0.499. The third-order valence-corrected chi connectivity index (χ3v) is 5.26. The van der Waals surface area contributed by atoms with Crippen LogP contribution in [0.1, 0.15) is 28.4 Å². The molecule has 0 saturated carbocycles. The second-order valence-corrected chi connectivity index (χ2v) is 7.33. The molecule has 0 atom stereocenters. The summed E-state index contributed by atoms with van der Waals surface area (Å²) in [4.78, 5) is 21.1. The normalized spacial score (nSPS) is 10.8. The van der Waals surface area contributed by atoms with Crippen molar-refractivity contribution in [2.24, 2.45) is 0 Å². The van der Waals surface area contributed by atoms with Crippen molar-refractivity contribution < 1.29 is 9.53 Å². The minimum Gasteiger partial charge on any atom is -0.489 e. The highest BCUT2D eigenvalue weighted by atomic mass is 32.1. The average molecular weight is 389 g/mol. The summed E-state index contributed by atoms with van der Waals surface area (Å²) in [6, 6.07) is 17.1. The lowest BCUT2D eigenvalue weighted by molar-refractivity contribution is 0.102. The molecule has 28 heavy (non-hydrogen) atoms. The number of carbonyl (C=O) groups excluding carboxylic acids is 1. The van der Waals surface area contributed by atoms with Crippen LogP contribution in [0.3, 0.4) is 0 Å². The molecule has 4 rings (SSSR count). The Balaban J connectivity index is 1.40. The first-order chi connectivity index (χ1) is 13.7. The fourth-order valence-electron chi connectivity index (χ4n) is 2.76. The molecule has 2 aromatic heterocycles. The van der Waals surface area contributed by atoms with E-state index in [0.29, 0.717) is 23.1 Å². The van der Waals surface area contributed by atoms with Gasteiger partial charge in [0.1, 0.15) is 12.4 Å². The van der Waals surface area contributed by atoms with Crippen LogP contribution in [-0.2, 0) is 13.0 Å². The first-order valence-electron chi connectivity index (χ1n) is 9.04. The van der Waals surface area contributed by atoms with Crippen molar-refractivity contribution in [2.75, 3.05) is 5.32 Å². The molecule has 0 unspecified atom stereocenters. The number of hydrogen-bond acceptors (Lipinski definition) is 5. The summed E-state index contributed by atoms with van der Waals surface area (Å²) in [5.74, 6) is 0.515. The summed E-state index contributed by atoms with van der Waals surface area (Å²) in [5, 5.41) is 3.48. The summed E-state index contributed by atoms with van der Waals surface area (Å²) in [6.45, 7) is 2.56. The summed E-state index contributed by atoms with van der Waals surface area (Å²) in [6.07, 6.45) is 4.47. The van der Waals surface area contributed by atoms with Crippen molar-refractivity contribution in [1.29, 1.82) is 0 Å². The zero-order valence-electron chi connectivity index (χ0n) is 15.4. The van der Waals surface area contributed by atoms with Gasteiger partial charge in [-0.25, -0.2) is 4.98 Å². The van der Waals surface area contributed by atoms with Gasteiger partial charge in [-0.2, -0.15) is 0 Å². The Morgan fingerprint density at radius 1 is 1.11 bits per heavy atom. The van der Waals surface area contributed by atoms with Crippen molar-refractivity contribution in [2.45, 2.75) is 20.0 Å². The molecule has 4 aromatic rings. The van der Waals surface area contributed by atoms with Gasteiger partial charge in [0.15, 0.2) is 5.13 Å². The van der Waals surface area contributed by atoms with E-state index in [1.807, 2.05) is 18.2 Å². The molecular formula is C22H19N3O2S. The molecule has 0 saturated heterocycles. The van der Waals surface area contributed by atoms with Crippen LogP contribution in [0.4, 0.5) is 5.13 Å². The molecule has 0 fully saturated rings. The van der Waals surface area contributed by atoms with Crippen LogP contribution in [0.15, 0.2) is 67.0 Å². The number of aryl methyl sites for hydroxylation is 1. The zero-order valence-corrected chi connectivity index (χ0v) is 16.2. The van der Waals surface area contributed by atoms with E-state index in [1.165, 1.54) is 16.9 Å². The van der Waals surface area contributed by atoms with Gasteiger partial charge in [-0.05, 0) is 54.4 Å². The lowest BCUT2D eigenvalue weighted by Crippen LogP contribution is -2.11. The summed E-state index contributed by atoms with van der Waals surface area (Å²) < 4.78 is 6.80. The number of thiazole rings is 1. The first kappa shape index (κ1) is 18.1. The molecule has 5 nitrogen and oxygen atoms in total. The number of anilines is 1. The van der Waals surface area contributed by atoms with Gasteiger partial charge in [-0.3, -0.25) is 15.1 Å². The third kappa shape index (κ3) is 4.18. The molecule has 1 amide bonds. The maximum Gasteiger partial charge on any atom is 0.257 e. The molecule has 140 valence electrons. The summed E-state index contributed by atoms with van der Waals surface area (Å²) in [5.41, 5.74) is 3.71. The van der Waals surface area contributed by atoms with Crippen molar-refractivity contribution in [3.8, 4) is 5.75 Å². The highest BCUT2D eigenvalue weighted by Crippen LogP contribution is 2.27. The van der Waals surface area contributed by atoms with Gasteiger partial charge in [0.25, 0.3) is 5.91 Å². The Morgan fingerprint density at radius 3 is 2.71 bits per heavy atom. The molecule has 0 bridgehead atoms. The van der Waals surface area contributed by atoms with E-state index < -0.39 is 0 Å². The predicted molar refractivity (Wildman–Crippen MR) is 112 cm³/mol. The zero-order chi connectivity index (χ0) is 19.3. The number of carbonyl (C=O) groups is 1. The Bertz CT molecular complexity index is 1090. The van der Waals surface area contributed by atoms with Crippen LogP contribution in [0.2, 0.25) is 0 Å². The molecule has 2 aromatic carbocycles. The van der Waals surface area contributed by atoms with Crippen molar-refractivity contribution >= 4 is 32.6 Å². The number of ether oxygens (including phenoxy) is 1. The van der Waals surface area contributed by atoms with E-state index in [2.05, 4.69) is 34.3 Å². The number of hydrogen-bond donors (Lipinski definition) is 1. The summed E-state index contributed by atoms with van der Waals surface area (Å²) >= 11 is 1.49. The van der Waals surface area contributed by atoms with Crippen LogP contribution in [0.25, 0.3) is 10.2 Å². The highest BCUT2D eigenvalue weighted by Gasteiger charge is 2.10. The van der Waals surface area contributed by atoms with Gasteiger partial charge in [-0.15, -0.1) is 0 Å². The van der Waals surface area contributed by atoms with Crippen molar-refractivity contribution in [3.05, 3.63) is 83.7 Å². The van der Waals surface area contributed by atoms with Crippen LogP contribution in [0.5, 0.6) is 5.75 Å². The van der Waals surface area contributed by atoms with Crippen LogP contribution in [-0.4, -0.2) is 15.9 Å². The smallest absolute Gasteiger partial charge is 0.257 e. The molecule has 0 spiro atoms. The van der Waals surface area contributed by atoms with E-state index >= 15 is 0 Å². The number of pyridine rings is 1. The van der Waals surface area contributed by atoms with E-state index in [1.54, 1.807) is 36.7 Å². The molecule has 0 radical (unpaired) electrons. The number of aromatic nitrogens is 2. The van der Waals surface area contributed by atoms with Gasteiger partial charge in [-0.1, -0.05) is 30.4 Å². The Kier molecular flexibility index (Phi) is 5.30. The third-order valence-electron chi connectivity index (χ3n) is 4.33. The maximum atomic E-state index is 12.5. The number of nitrogens with zero attached hydrogens (tertiary/aromatic N) is 2. The van der Waals surface area contributed by atoms with E-state index in [4.69, 9.17) is 4.74 Å². The monoisotopic (exact) mass is 389 g/mol. The van der Waals surface area contributed by atoms with Crippen LogP contribution >= 0.6 is 11.3 Å². The molecule has 2 heterocycles. The first-order valence-corrected chi connectivity index (χ1v) is 9.85. The molecule has 6 heteroatoms. The molecule has 0 aliphatic carbocycles. The number of rotatable bonds is 6. The van der Waals surface area contributed by atoms with Crippen LogP contribution in [0, 0.1) is 0 Å². The lowest BCUT2D eigenvalue weighted by atomic mass is 10.2. The molecule has 0 aliphatic heterocycles. The largest absolute Gasteiger partial charge is 0.489 e. The fraction of sp³-hybridized carbons (Fsp3) is 0.136. The maximum absolute atomic E-state index is 12.5.